The third kappa shape index (κ3) is 3.69. The molecule has 0 aliphatic carbocycles. The van der Waals surface area contributed by atoms with Crippen LogP contribution in [0, 0.1) is 5.92 Å². The number of carbonyl (C=O) groups is 3. The lowest BCUT2D eigenvalue weighted by Gasteiger charge is -2.14. The maximum Gasteiger partial charge on any atom is 0.261 e. The summed E-state index contributed by atoms with van der Waals surface area (Å²) in [7, 11) is 1.52. The van der Waals surface area contributed by atoms with Crippen molar-refractivity contribution in [3.63, 3.8) is 0 Å². The number of amides is 3. The molecule has 140 valence electrons. The molecule has 0 fully saturated rings. The molecule has 1 aliphatic rings. The number of hydrogen-bond donors (Lipinski definition) is 1. The van der Waals surface area contributed by atoms with E-state index in [2.05, 4.69) is 5.32 Å². The first kappa shape index (κ1) is 18.6. The molecule has 6 heteroatoms. The summed E-state index contributed by atoms with van der Waals surface area (Å²) in [5, 5.41) is 2.77. The van der Waals surface area contributed by atoms with E-state index in [9.17, 15) is 14.4 Å². The zero-order valence-corrected chi connectivity index (χ0v) is 15.6. The molecule has 1 N–H and O–H groups in total. The molecule has 0 aromatic heterocycles. The fourth-order valence-corrected chi connectivity index (χ4v) is 2.96. The number of carbonyl (C=O) groups excluding carboxylic acids is 3. The highest BCUT2D eigenvalue weighted by Crippen LogP contribution is 2.27. The van der Waals surface area contributed by atoms with Crippen LogP contribution in [0.25, 0.3) is 0 Å². The van der Waals surface area contributed by atoms with Crippen molar-refractivity contribution in [2.45, 2.75) is 20.3 Å². The fourth-order valence-electron chi connectivity index (χ4n) is 2.96. The molecule has 0 saturated heterocycles. The Morgan fingerprint density at radius 1 is 1.07 bits per heavy atom. The standard InChI is InChI=1S/C21H22N2O4/c1-13(2)10-11-23-20(25)15-9-8-14(12-16(15)21(23)26)19(24)22-17-6-4-5-7-18(17)27-3/h4-9,12-13H,10-11H2,1-3H3,(H,22,24). The highest BCUT2D eigenvalue weighted by Gasteiger charge is 2.35. The number of hydrogen-bond acceptors (Lipinski definition) is 4. The van der Waals surface area contributed by atoms with Gasteiger partial charge in [0.15, 0.2) is 0 Å². The molecule has 0 bridgehead atoms. The largest absolute Gasteiger partial charge is 0.495 e. The van der Waals surface area contributed by atoms with Gasteiger partial charge in [-0.15, -0.1) is 0 Å². The van der Waals surface area contributed by atoms with Crippen LogP contribution in [0.3, 0.4) is 0 Å². The van der Waals surface area contributed by atoms with Gasteiger partial charge in [-0.2, -0.15) is 0 Å². The van der Waals surface area contributed by atoms with Gasteiger partial charge in [-0.1, -0.05) is 26.0 Å². The first-order valence-corrected chi connectivity index (χ1v) is 8.87. The van der Waals surface area contributed by atoms with Gasteiger partial charge in [-0.05, 0) is 42.7 Å². The molecule has 6 nitrogen and oxygen atoms in total. The average Bonchev–Trinajstić information content (AvgIpc) is 2.90. The molecule has 3 amide bonds. The van der Waals surface area contributed by atoms with Crippen LogP contribution < -0.4 is 10.1 Å². The molecular weight excluding hydrogens is 344 g/mol. The minimum Gasteiger partial charge on any atom is -0.495 e. The first-order valence-electron chi connectivity index (χ1n) is 8.87. The van der Waals surface area contributed by atoms with Gasteiger partial charge >= 0.3 is 0 Å². The number of para-hydroxylation sites is 2. The van der Waals surface area contributed by atoms with Crippen molar-refractivity contribution < 1.29 is 19.1 Å². The summed E-state index contributed by atoms with van der Waals surface area (Å²) >= 11 is 0. The summed E-state index contributed by atoms with van der Waals surface area (Å²) in [6.07, 6.45) is 0.743. The second-order valence-corrected chi connectivity index (χ2v) is 6.86. The quantitative estimate of drug-likeness (QED) is 0.793. The highest BCUT2D eigenvalue weighted by molar-refractivity contribution is 6.22. The molecule has 3 rings (SSSR count). The Bertz CT molecular complexity index is 905. The molecule has 0 atom stereocenters. The van der Waals surface area contributed by atoms with Crippen molar-refractivity contribution in [3.05, 3.63) is 59.2 Å². The minimum absolute atomic E-state index is 0.274. The predicted molar refractivity (Wildman–Crippen MR) is 102 cm³/mol. The van der Waals surface area contributed by atoms with Crippen LogP contribution in [0.5, 0.6) is 5.75 Å². The van der Waals surface area contributed by atoms with E-state index < -0.39 is 0 Å². The number of methoxy groups -OCH3 is 1. The van der Waals surface area contributed by atoms with Crippen LogP contribution in [0.4, 0.5) is 5.69 Å². The number of ether oxygens (including phenoxy) is 1. The summed E-state index contributed by atoms with van der Waals surface area (Å²) in [6, 6.07) is 11.6. The van der Waals surface area contributed by atoms with E-state index in [1.165, 1.54) is 18.1 Å². The van der Waals surface area contributed by atoms with Gasteiger partial charge in [-0.25, -0.2) is 0 Å². The Kier molecular flexibility index (Phi) is 5.26. The fraction of sp³-hybridized carbons (Fsp3) is 0.286. The van der Waals surface area contributed by atoms with Gasteiger partial charge in [-0.3, -0.25) is 19.3 Å². The van der Waals surface area contributed by atoms with Crippen molar-refractivity contribution in [1.82, 2.24) is 4.90 Å². The lowest BCUT2D eigenvalue weighted by atomic mass is 10.1. The number of rotatable bonds is 6. The molecule has 2 aromatic rings. The Morgan fingerprint density at radius 3 is 2.48 bits per heavy atom. The lowest BCUT2D eigenvalue weighted by molar-refractivity contribution is 0.0647. The summed E-state index contributed by atoms with van der Waals surface area (Å²) in [5.41, 5.74) is 1.46. The van der Waals surface area contributed by atoms with Gasteiger partial charge < -0.3 is 10.1 Å². The average molecular weight is 366 g/mol. The Labute approximate surface area is 158 Å². The summed E-state index contributed by atoms with van der Waals surface area (Å²) in [5.74, 6) is -0.0901. The number of benzene rings is 2. The van der Waals surface area contributed by atoms with Crippen molar-refractivity contribution in [2.24, 2.45) is 5.92 Å². The van der Waals surface area contributed by atoms with Crippen molar-refractivity contribution in [2.75, 3.05) is 19.0 Å². The van der Waals surface area contributed by atoms with E-state index in [0.717, 1.165) is 6.42 Å². The molecular formula is C21H22N2O4. The van der Waals surface area contributed by atoms with Crippen LogP contribution in [-0.4, -0.2) is 36.3 Å². The Morgan fingerprint density at radius 2 is 1.78 bits per heavy atom. The van der Waals surface area contributed by atoms with E-state index in [4.69, 9.17) is 4.74 Å². The van der Waals surface area contributed by atoms with E-state index in [0.29, 0.717) is 35.0 Å². The van der Waals surface area contributed by atoms with Crippen LogP contribution in [0.15, 0.2) is 42.5 Å². The van der Waals surface area contributed by atoms with Crippen molar-refractivity contribution in [3.8, 4) is 5.75 Å². The smallest absolute Gasteiger partial charge is 0.261 e. The Balaban J connectivity index is 1.82. The third-order valence-electron chi connectivity index (χ3n) is 4.52. The van der Waals surface area contributed by atoms with Crippen LogP contribution in [0.1, 0.15) is 51.3 Å². The van der Waals surface area contributed by atoms with E-state index in [-0.39, 0.29) is 23.3 Å². The topological polar surface area (TPSA) is 75.7 Å². The minimum atomic E-state index is -0.372. The molecule has 27 heavy (non-hydrogen) atoms. The number of nitrogens with zero attached hydrogens (tertiary/aromatic N) is 1. The van der Waals surface area contributed by atoms with Crippen LogP contribution in [-0.2, 0) is 0 Å². The molecule has 2 aromatic carbocycles. The monoisotopic (exact) mass is 366 g/mol. The first-order chi connectivity index (χ1) is 12.9. The Hall–Kier alpha value is -3.15. The summed E-state index contributed by atoms with van der Waals surface area (Å²) < 4.78 is 5.23. The molecule has 0 spiro atoms. The van der Waals surface area contributed by atoms with Gasteiger partial charge in [0.2, 0.25) is 0 Å². The number of anilines is 1. The molecule has 0 radical (unpaired) electrons. The zero-order chi connectivity index (χ0) is 19.6. The number of fused-ring (bicyclic) bond motifs is 1. The maximum absolute atomic E-state index is 12.6. The molecule has 0 saturated carbocycles. The van der Waals surface area contributed by atoms with Crippen molar-refractivity contribution >= 4 is 23.4 Å². The van der Waals surface area contributed by atoms with E-state index in [1.807, 2.05) is 13.8 Å². The zero-order valence-electron chi connectivity index (χ0n) is 15.6. The second-order valence-electron chi connectivity index (χ2n) is 6.86. The molecule has 1 aliphatic heterocycles. The normalized spacial score (nSPS) is 13.1. The molecule has 1 heterocycles. The van der Waals surface area contributed by atoms with E-state index in [1.54, 1.807) is 36.4 Å². The predicted octanol–water partition coefficient (Wildman–Crippen LogP) is 3.59. The molecule has 0 unspecified atom stereocenters. The lowest BCUT2D eigenvalue weighted by Crippen LogP contribution is -2.31. The van der Waals surface area contributed by atoms with Crippen molar-refractivity contribution in [1.29, 1.82) is 0 Å². The maximum atomic E-state index is 12.6. The highest BCUT2D eigenvalue weighted by atomic mass is 16.5. The SMILES string of the molecule is COc1ccccc1NC(=O)c1ccc2c(c1)C(=O)N(CCC(C)C)C2=O. The van der Waals surface area contributed by atoms with E-state index >= 15 is 0 Å². The van der Waals surface area contributed by atoms with Gasteiger partial charge in [0.05, 0.1) is 23.9 Å². The van der Waals surface area contributed by atoms with Crippen LogP contribution >= 0.6 is 0 Å². The van der Waals surface area contributed by atoms with Gasteiger partial charge in [0.25, 0.3) is 17.7 Å². The number of imide groups is 1. The van der Waals surface area contributed by atoms with Gasteiger partial charge in [0, 0.05) is 12.1 Å². The van der Waals surface area contributed by atoms with Gasteiger partial charge in [0.1, 0.15) is 5.75 Å². The summed E-state index contributed by atoms with van der Waals surface area (Å²) in [6.45, 7) is 4.46. The summed E-state index contributed by atoms with van der Waals surface area (Å²) in [4.78, 5) is 38.9. The second kappa shape index (κ2) is 7.61. The third-order valence-corrected chi connectivity index (χ3v) is 4.52. The van der Waals surface area contributed by atoms with Crippen LogP contribution in [0.2, 0.25) is 0 Å². The number of nitrogens with one attached hydrogen (secondary N) is 1.